The van der Waals surface area contributed by atoms with Crippen LogP contribution in [0.3, 0.4) is 0 Å². The summed E-state index contributed by atoms with van der Waals surface area (Å²) in [7, 11) is 0. The van der Waals surface area contributed by atoms with E-state index in [0.717, 1.165) is 30.4 Å². The molecule has 0 radical (unpaired) electrons. The fraction of sp³-hybridized carbons (Fsp3) is 0.692. The zero-order chi connectivity index (χ0) is 12.3. The second-order valence-electron chi connectivity index (χ2n) is 5.23. The van der Waals surface area contributed by atoms with Gasteiger partial charge in [0.1, 0.15) is 11.6 Å². The Bertz CT molecular complexity index is 383. The normalized spacial score (nSPS) is 29.0. The van der Waals surface area contributed by atoms with Gasteiger partial charge in [-0.1, -0.05) is 19.8 Å². The Morgan fingerprint density at radius 1 is 1.59 bits per heavy atom. The predicted octanol–water partition coefficient (Wildman–Crippen LogP) is 3.38. The van der Waals surface area contributed by atoms with Crippen LogP contribution in [0.4, 0.5) is 5.82 Å². The van der Waals surface area contributed by atoms with Crippen molar-refractivity contribution < 1.29 is 0 Å². The molecule has 1 saturated carbocycles. The van der Waals surface area contributed by atoms with E-state index in [-0.39, 0.29) is 5.54 Å². The number of rotatable bonds is 3. The van der Waals surface area contributed by atoms with Gasteiger partial charge < -0.3 is 5.32 Å². The van der Waals surface area contributed by atoms with Crippen molar-refractivity contribution in [2.24, 2.45) is 5.92 Å². The average molecular weight is 254 g/mol. The quantitative estimate of drug-likeness (QED) is 0.840. The fourth-order valence-electron chi connectivity index (χ4n) is 2.73. The lowest BCUT2D eigenvalue weighted by atomic mass is 9.77. The van der Waals surface area contributed by atoms with Crippen LogP contribution in [0, 0.1) is 12.8 Å². The minimum Gasteiger partial charge on any atom is -0.363 e. The van der Waals surface area contributed by atoms with Crippen molar-refractivity contribution in [1.82, 2.24) is 9.97 Å². The molecule has 1 aliphatic carbocycles. The van der Waals surface area contributed by atoms with Crippen molar-refractivity contribution in [1.29, 1.82) is 0 Å². The van der Waals surface area contributed by atoms with E-state index in [1.54, 1.807) is 6.20 Å². The number of aromatic nitrogens is 2. The third-order valence-electron chi connectivity index (χ3n) is 3.52. The van der Waals surface area contributed by atoms with Crippen LogP contribution in [0.2, 0.25) is 0 Å². The van der Waals surface area contributed by atoms with E-state index >= 15 is 0 Å². The summed E-state index contributed by atoms with van der Waals surface area (Å²) < 4.78 is 0. The molecule has 0 saturated heterocycles. The third-order valence-corrected chi connectivity index (χ3v) is 4.03. The molecule has 0 aromatic carbocycles. The number of nitrogens with one attached hydrogen (secondary N) is 1. The molecule has 0 amide bonds. The van der Waals surface area contributed by atoms with Crippen molar-refractivity contribution >= 4 is 17.4 Å². The summed E-state index contributed by atoms with van der Waals surface area (Å²) in [6, 6.07) is 1.92. The first-order chi connectivity index (χ1) is 8.13. The van der Waals surface area contributed by atoms with Crippen LogP contribution in [0.25, 0.3) is 0 Å². The summed E-state index contributed by atoms with van der Waals surface area (Å²) in [6.07, 6.45) is 6.59. The summed E-state index contributed by atoms with van der Waals surface area (Å²) in [5.41, 5.74) is 0.0139. The van der Waals surface area contributed by atoms with E-state index in [1.165, 1.54) is 12.8 Å². The van der Waals surface area contributed by atoms with E-state index in [2.05, 4.69) is 22.2 Å². The van der Waals surface area contributed by atoms with Crippen LogP contribution in [-0.2, 0) is 0 Å². The Morgan fingerprint density at radius 2 is 2.41 bits per heavy atom. The Labute approximate surface area is 108 Å². The third kappa shape index (κ3) is 3.09. The number of nitrogens with zero attached hydrogens (tertiary/aromatic N) is 2. The number of halogens is 1. The lowest BCUT2D eigenvalue weighted by Crippen LogP contribution is -2.44. The molecule has 1 fully saturated rings. The van der Waals surface area contributed by atoms with Crippen LogP contribution >= 0.6 is 11.6 Å². The van der Waals surface area contributed by atoms with Gasteiger partial charge in [-0.3, -0.25) is 0 Å². The molecule has 0 spiro atoms. The SMILES string of the molecule is Cc1nccc(NC2(CCl)CCCC(C)C2)n1. The van der Waals surface area contributed by atoms with Crippen molar-refractivity contribution in [2.75, 3.05) is 11.2 Å². The molecule has 4 heteroatoms. The summed E-state index contributed by atoms with van der Waals surface area (Å²) >= 11 is 6.19. The van der Waals surface area contributed by atoms with E-state index in [0.29, 0.717) is 5.88 Å². The first kappa shape index (κ1) is 12.6. The lowest BCUT2D eigenvalue weighted by molar-refractivity contribution is 0.279. The maximum absolute atomic E-state index is 6.19. The van der Waals surface area contributed by atoms with Crippen LogP contribution in [0.15, 0.2) is 12.3 Å². The molecule has 1 aliphatic rings. The molecule has 3 nitrogen and oxygen atoms in total. The van der Waals surface area contributed by atoms with E-state index in [4.69, 9.17) is 11.6 Å². The number of hydrogen-bond acceptors (Lipinski definition) is 3. The maximum atomic E-state index is 6.19. The topological polar surface area (TPSA) is 37.8 Å². The maximum Gasteiger partial charge on any atom is 0.130 e. The highest BCUT2D eigenvalue weighted by Gasteiger charge is 2.34. The molecule has 0 bridgehead atoms. The van der Waals surface area contributed by atoms with Crippen LogP contribution in [-0.4, -0.2) is 21.4 Å². The molecule has 94 valence electrons. The van der Waals surface area contributed by atoms with Gasteiger partial charge in [-0.2, -0.15) is 0 Å². The highest BCUT2D eigenvalue weighted by atomic mass is 35.5. The lowest BCUT2D eigenvalue weighted by Gasteiger charge is -2.39. The first-order valence-electron chi connectivity index (χ1n) is 6.27. The Kier molecular flexibility index (Phi) is 3.87. The molecule has 0 aliphatic heterocycles. The molecule has 1 aromatic rings. The molecule has 1 aromatic heterocycles. The van der Waals surface area contributed by atoms with Gasteiger partial charge in [0.2, 0.25) is 0 Å². The minimum absolute atomic E-state index is 0.0139. The van der Waals surface area contributed by atoms with Gasteiger partial charge in [-0.05, 0) is 31.7 Å². The fourth-order valence-corrected chi connectivity index (χ4v) is 3.04. The minimum atomic E-state index is 0.0139. The zero-order valence-corrected chi connectivity index (χ0v) is 11.3. The first-order valence-corrected chi connectivity index (χ1v) is 6.81. The second kappa shape index (κ2) is 5.21. The molecule has 2 unspecified atom stereocenters. The van der Waals surface area contributed by atoms with Crippen molar-refractivity contribution in [3.05, 3.63) is 18.1 Å². The summed E-state index contributed by atoms with van der Waals surface area (Å²) in [5.74, 6) is 3.06. The van der Waals surface area contributed by atoms with Gasteiger partial charge >= 0.3 is 0 Å². The molecular formula is C13H20ClN3. The van der Waals surface area contributed by atoms with Crippen LogP contribution in [0.5, 0.6) is 0 Å². The smallest absolute Gasteiger partial charge is 0.130 e. The summed E-state index contributed by atoms with van der Waals surface area (Å²) in [4.78, 5) is 8.52. The molecule has 2 atom stereocenters. The predicted molar refractivity (Wildman–Crippen MR) is 71.5 cm³/mol. The number of alkyl halides is 1. The Hall–Kier alpha value is -0.830. The van der Waals surface area contributed by atoms with Crippen LogP contribution < -0.4 is 5.32 Å². The van der Waals surface area contributed by atoms with Gasteiger partial charge in [0, 0.05) is 12.1 Å². The molecule has 1 heterocycles. The molecule has 1 N–H and O–H groups in total. The zero-order valence-electron chi connectivity index (χ0n) is 10.5. The van der Waals surface area contributed by atoms with Gasteiger partial charge in [0.25, 0.3) is 0 Å². The van der Waals surface area contributed by atoms with Gasteiger partial charge in [-0.25, -0.2) is 9.97 Å². The van der Waals surface area contributed by atoms with Crippen molar-refractivity contribution in [2.45, 2.75) is 45.1 Å². The number of anilines is 1. The van der Waals surface area contributed by atoms with Crippen molar-refractivity contribution in [3.8, 4) is 0 Å². The van der Waals surface area contributed by atoms with E-state index < -0.39 is 0 Å². The molecular weight excluding hydrogens is 234 g/mol. The van der Waals surface area contributed by atoms with Gasteiger partial charge in [0.05, 0.1) is 5.54 Å². The van der Waals surface area contributed by atoms with Crippen LogP contribution in [0.1, 0.15) is 38.4 Å². The Morgan fingerprint density at radius 3 is 3.06 bits per heavy atom. The Balaban J connectivity index is 2.13. The van der Waals surface area contributed by atoms with Gasteiger partial charge in [-0.15, -0.1) is 11.6 Å². The van der Waals surface area contributed by atoms with Gasteiger partial charge in [0.15, 0.2) is 0 Å². The molecule has 17 heavy (non-hydrogen) atoms. The second-order valence-corrected chi connectivity index (χ2v) is 5.50. The molecule has 2 rings (SSSR count). The largest absolute Gasteiger partial charge is 0.363 e. The highest BCUT2D eigenvalue weighted by Crippen LogP contribution is 2.35. The number of hydrogen-bond donors (Lipinski definition) is 1. The van der Waals surface area contributed by atoms with E-state index in [9.17, 15) is 0 Å². The standard InChI is InChI=1S/C13H20ClN3/c1-10-4-3-6-13(8-10,9-14)17-12-5-7-15-11(2)16-12/h5,7,10H,3-4,6,8-9H2,1-2H3,(H,15,16,17). The number of aryl methyl sites for hydroxylation is 1. The summed E-state index contributed by atoms with van der Waals surface area (Å²) in [5, 5.41) is 3.53. The van der Waals surface area contributed by atoms with E-state index in [1.807, 2.05) is 13.0 Å². The highest BCUT2D eigenvalue weighted by molar-refractivity contribution is 6.18. The average Bonchev–Trinajstić information content (AvgIpc) is 2.29. The summed E-state index contributed by atoms with van der Waals surface area (Å²) in [6.45, 7) is 4.20. The monoisotopic (exact) mass is 253 g/mol. The van der Waals surface area contributed by atoms with Crippen molar-refractivity contribution in [3.63, 3.8) is 0 Å².